The van der Waals surface area contributed by atoms with Gasteiger partial charge < -0.3 is 9.84 Å². The van der Waals surface area contributed by atoms with Gasteiger partial charge >= 0.3 is 0 Å². The van der Waals surface area contributed by atoms with Crippen LogP contribution in [0.4, 0.5) is 4.39 Å². The normalized spacial score (nSPS) is 18.0. The van der Waals surface area contributed by atoms with E-state index in [0.29, 0.717) is 0 Å². The maximum absolute atomic E-state index is 12.9. The lowest BCUT2D eigenvalue weighted by Gasteiger charge is -2.16. The fraction of sp³-hybridized carbons (Fsp3) is 0.444. The molecule has 0 aliphatic carbocycles. The summed E-state index contributed by atoms with van der Waals surface area (Å²) in [6.07, 6.45) is 1.21. The molecule has 2 aromatic rings. The molecule has 1 aromatic carbocycles. The van der Waals surface area contributed by atoms with Crippen LogP contribution >= 0.6 is 0 Å². The number of aryl methyl sites for hydroxylation is 2. The number of hydrogen-bond donors (Lipinski definition) is 1. The molecule has 0 bridgehead atoms. The number of likely N-dealkylation sites (tertiary alicyclic amines) is 1. The highest BCUT2D eigenvalue weighted by atomic mass is 19.1. The Hall–Kier alpha value is -2.21. The van der Waals surface area contributed by atoms with Crippen molar-refractivity contribution in [3.05, 3.63) is 52.7 Å². The molecule has 3 rings (SSSR count). The molecule has 2 heterocycles. The first kappa shape index (κ1) is 16.6. The number of nitrogens with one attached hydrogen (secondary N) is 1. The van der Waals surface area contributed by atoms with E-state index in [1.54, 1.807) is 12.1 Å². The van der Waals surface area contributed by atoms with Gasteiger partial charge in [-0.2, -0.15) is 0 Å². The van der Waals surface area contributed by atoms with Crippen LogP contribution in [0.1, 0.15) is 29.0 Å². The van der Waals surface area contributed by atoms with Gasteiger partial charge in [-0.05, 0) is 38.0 Å². The van der Waals surface area contributed by atoms with E-state index in [1.165, 1.54) is 12.1 Å². The molecule has 0 unspecified atom stereocenters. The zero-order valence-electron chi connectivity index (χ0n) is 14.0. The van der Waals surface area contributed by atoms with E-state index in [1.807, 2.05) is 13.8 Å². The molecular formula is C18H22FN3O2. The summed E-state index contributed by atoms with van der Waals surface area (Å²) in [5.41, 5.74) is 2.88. The highest BCUT2D eigenvalue weighted by Crippen LogP contribution is 2.18. The predicted octanol–water partition coefficient (Wildman–Crippen LogP) is 2.36. The average molecular weight is 331 g/mol. The number of nitrogens with zero attached hydrogens (tertiary/aromatic N) is 2. The number of halogens is 1. The van der Waals surface area contributed by atoms with E-state index < -0.39 is 0 Å². The van der Waals surface area contributed by atoms with Gasteiger partial charge in [0.05, 0.1) is 12.1 Å². The largest absolute Gasteiger partial charge is 0.361 e. The minimum absolute atomic E-state index is 0.0224. The first-order valence-electron chi connectivity index (χ1n) is 8.19. The van der Waals surface area contributed by atoms with Crippen LogP contribution in [0.25, 0.3) is 0 Å². The molecule has 1 aliphatic rings. The van der Waals surface area contributed by atoms with Crippen LogP contribution in [0, 0.1) is 19.7 Å². The molecule has 1 N–H and O–H groups in total. The maximum atomic E-state index is 12.9. The van der Waals surface area contributed by atoms with Crippen LogP contribution in [0.5, 0.6) is 0 Å². The van der Waals surface area contributed by atoms with Crippen LogP contribution in [0.2, 0.25) is 0 Å². The maximum Gasteiger partial charge on any atom is 0.224 e. The number of aromatic nitrogens is 1. The van der Waals surface area contributed by atoms with E-state index in [-0.39, 0.29) is 24.2 Å². The molecule has 0 saturated carbocycles. The Bertz CT molecular complexity index is 692. The topological polar surface area (TPSA) is 58.4 Å². The molecule has 1 saturated heterocycles. The second kappa shape index (κ2) is 7.13. The Morgan fingerprint density at radius 2 is 2.12 bits per heavy atom. The Kier molecular flexibility index (Phi) is 4.94. The van der Waals surface area contributed by atoms with Crippen molar-refractivity contribution >= 4 is 5.91 Å². The SMILES string of the molecule is Cc1noc(C)c1CN1CC[C@H](NC(=O)Cc2ccc(F)cc2)C1. The third-order valence-corrected chi connectivity index (χ3v) is 4.48. The second-order valence-electron chi connectivity index (χ2n) is 6.39. The van der Waals surface area contributed by atoms with Crippen molar-refractivity contribution < 1.29 is 13.7 Å². The molecule has 1 amide bonds. The fourth-order valence-corrected chi connectivity index (χ4v) is 3.11. The average Bonchev–Trinajstić information content (AvgIpc) is 3.11. The fourth-order valence-electron chi connectivity index (χ4n) is 3.11. The van der Waals surface area contributed by atoms with E-state index >= 15 is 0 Å². The van der Waals surface area contributed by atoms with Gasteiger partial charge in [0.25, 0.3) is 0 Å². The van der Waals surface area contributed by atoms with Gasteiger partial charge in [0.1, 0.15) is 11.6 Å². The lowest BCUT2D eigenvalue weighted by atomic mass is 10.1. The van der Waals surface area contributed by atoms with Gasteiger partial charge in [-0.1, -0.05) is 17.3 Å². The first-order chi connectivity index (χ1) is 11.5. The van der Waals surface area contributed by atoms with Crippen LogP contribution in [-0.2, 0) is 17.8 Å². The van der Waals surface area contributed by atoms with E-state index in [4.69, 9.17) is 4.52 Å². The predicted molar refractivity (Wildman–Crippen MR) is 87.9 cm³/mol. The highest BCUT2D eigenvalue weighted by molar-refractivity contribution is 5.78. The Morgan fingerprint density at radius 1 is 1.38 bits per heavy atom. The summed E-state index contributed by atoms with van der Waals surface area (Å²) in [4.78, 5) is 14.4. The number of benzene rings is 1. The Balaban J connectivity index is 1.49. The molecule has 1 fully saturated rings. The summed E-state index contributed by atoms with van der Waals surface area (Å²) < 4.78 is 18.1. The third-order valence-electron chi connectivity index (χ3n) is 4.48. The second-order valence-corrected chi connectivity index (χ2v) is 6.39. The van der Waals surface area contributed by atoms with Gasteiger partial charge in [-0.15, -0.1) is 0 Å². The van der Waals surface area contributed by atoms with Gasteiger partial charge in [-0.3, -0.25) is 9.69 Å². The van der Waals surface area contributed by atoms with E-state index in [9.17, 15) is 9.18 Å². The Morgan fingerprint density at radius 3 is 2.79 bits per heavy atom. The van der Waals surface area contributed by atoms with Gasteiger partial charge in [-0.25, -0.2) is 4.39 Å². The molecule has 128 valence electrons. The lowest BCUT2D eigenvalue weighted by molar-refractivity contribution is -0.121. The third kappa shape index (κ3) is 4.00. The van der Waals surface area contributed by atoms with Crippen LogP contribution in [0.3, 0.4) is 0 Å². The molecular weight excluding hydrogens is 309 g/mol. The van der Waals surface area contributed by atoms with Crippen molar-refractivity contribution in [1.29, 1.82) is 0 Å². The van der Waals surface area contributed by atoms with Crippen LogP contribution in [0.15, 0.2) is 28.8 Å². The minimum Gasteiger partial charge on any atom is -0.361 e. The van der Waals surface area contributed by atoms with Crippen molar-refractivity contribution in [1.82, 2.24) is 15.4 Å². The molecule has 5 nitrogen and oxygen atoms in total. The van der Waals surface area contributed by atoms with Crippen molar-refractivity contribution in [3.63, 3.8) is 0 Å². The zero-order chi connectivity index (χ0) is 17.1. The van der Waals surface area contributed by atoms with Crippen LogP contribution < -0.4 is 5.32 Å². The van der Waals surface area contributed by atoms with Crippen molar-refractivity contribution in [2.24, 2.45) is 0 Å². The number of carbonyl (C=O) groups is 1. The minimum atomic E-state index is -0.287. The summed E-state index contributed by atoms with van der Waals surface area (Å²) in [5.74, 6) is 0.548. The standard InChI is InChI=1S/C18H22FN3O2/c1-12-17(13(2)24-21-12)11-22-8-7-16(10-22)20-18(23)9-14-3-5-15(19)6-4-14/h3-6,16H,7-11H2,1-2H3,(H,20,23)/t16-/m0/s1. The molecule has 1 aromatic heterocycles. The van der Waals surface area contributed by atoms with Crippen LogP contribution in [-0.4, -0.2) is 35.1 Å². The molecule has 1 aliphatic heterocycles. The van der Waals surface area contributed by atoms with Crippen molar-refractivity contribution in [3.8, 4) is 0 Å². The molecule has 1 atom stereocenters. The summed E-state index contributed by atoms with van der Waals surface area (Å²) in [5, 5.41) is 7.05. The number of rotatable bonds is 5. The summed E-state index contributed by atoms with van der Waals surface area (Å²) in [6.45, 7) is 6.42. The summed E-state index contributed by atoms with van der Waals surface area (Å²) >= 11 is 0. The zero-order valence-corrected chi connectivity index (χ0v) is 14.0. The van der Waals surface area contributed by atoms with E-state index in [2.05, 4.69) is 15.4 Å². The number of carbonyl (C=O) groups excluding carboxylic acids is 1. The van der Waals surface area contributed by atoms with Gasteiger partial charge in [0.15, 0.2) is 0 Å². The molecule has 6 heteroatoms. The molecule has 24 heavy (non-hydrogen) atoms. The summed E-state index contributed by atoms with van der Waals surface area (Å²) in [7, 11) is 0. The van der Waals surface area contributed by atoms with Crippen molar-refractivity contribution in [2.75, 3.05) is 13.1 Å². The van der Waals surface area contributed by atoms with Gasteiger partial charge in [0.2, 0.25) is 5.91 Å². The summed E-state index contributed by atoms with van der Waals surface area (Å²) in [6, 6.07) is 6.20. The Labute approximate surface area is 140 Å². The van der Waals surface area contributed by atoms with Crippen molar-refractivity contribution in [2.45, 2.75) is 39.3 Å². The molecule has 0 spiro atoms. The molecule has 0 radical (unpaired) electrons. The lowest BCUT2D eigenvalue weighted by Crippen LogP contribution is -2.37. The smallest absolute Gasteiger partial charge is 0.224 e. The van der Waals surface area contributed by atoms with E-state index in [0.717, 1.165) is 48.6 Å². The first-order valence-corrected chi connectivity index (χ1v) is 8.19. The van der Waals surface area contributed by atoms with Gasteiger partial charge in [0, 0.05) is 31.2 Å². The highest BCUT2D eigenvalue weighted by Gasteiger charge is 2.25. The number of hydrogen-bond acceptors (Lipinski definition) is 4. The quantitative estimate of drug-likeness (QED) is 0.914. The number of amides is 1. The monoisotopic (exact) mass is 331 g/mol.